The molecule has 1 amide bonds. The Morgan fingerprint density at radius 1 is 1.59 bits per heavy atom. The maximum Gasteiger partial charge on any atom is 0.255 e. The number of likely N-dealkylation sites (tertiary alicyclic amines) is 1. The van der Waals surface area contributed by atoms with E-state index in [1.165, 1.54) is 12.1 Å². The fraction of sp³-hybridized carbons (Fsp3) is 0.417. The second-order valence-corrected chi connectivity index (χ2v) is 4.88. The van der Waals surface area contributed by atoms with Crippen LogP contribution in [0.1, 0.15) is 16.8 Å². The first kappa shape index (κ1) is 12.5. The van der Waals surface area contributed by atoms with E-state index in [0.29, 0.717) is 23.1 Å². The number of nitrogens with zero attached hydrogens (tertiary/aromatic N) is 1. The first-order valence-electron chi connectivity index (χ1n) is 5.39. The fourth-order valence-electron chi connectivity index (χ4n) is 1.94. The highest BCUT2D eigenvalue weighted by Crippen LogP contribution is 2.22. The van der Waals surface area contributed by atoms with Crippen molar-refractivity contribution in [1.29, 1.82) is 0 Å². The van der Waals surface area contributed by atoms with Crippen molar-refractivity contribution >= 4 is 21.8 Å². The molecule has 1 unspecified atom stereocenters. The Hall–Kier alpha value is -0.940. The van der Waals surface area contributed by atoms with Crippen LogP contribution in [-0.4, -0.2) is 37.1 Å². The van der Waals surface area contributed by atoms with Gasteiger partial charge in [-0.3, -0.25) is 4.79 Å². The highest BCUT2D eigenvalue weighted by atomic mass is 79.9. The van der Waals surface area contributed by atoms with Crippen molar-refractivity contribution in [3.8, 4) is 0 Å². The van der Waals surface area contributed by atoms with Crippen molar-refractivity contribution in [3.05, 3.63) is 34.1 Å². The predicted molar refractivity (Wildman–Crippen MR) is 65.4 cm³/mol. The van der Waals surface area contributed by atoms with Crippen LogP contribution in [0, 0.1) is 5.82 Å². The van der Waals surface area contributed by atoms with E-state index >= 15 is 0 Å². The van der Waals surface area contributed by atoms with E-state index in [9.17, 15) is 9.18 Å². The van der Waals surface area contributed by atoms with Crippen LogP contribution in [0.2, 0.25) is 0 Å². The summed E-state index contributed by atoms with van der Waals surface area (Å²) in [5, 5.41) is 0. The van der Waals surface area contributed by atoms with Gasteiger partial charge in [0.15, 0.2) is 0 Å². The summed E-state index contributed by atoms with van der Waals surface area (Å²) in [4.78, 5) is 13.8. The number of ether oxygens (including phenoxy) is 1. The van der Waals surface area contributed by atoms with Crippen LogP contribution >= 0.6 is 15.9 Å². The van der Waals surface area contributed by atoms with Gasteiger partial charge in [0.05, 0.1) is 11.7 Å². The summed E-state index contributed by atoms with van der Waals surface area (Å²) in [6.07, 6.45) is 0.918. The second-order valence-electron chi connectivity index (χ2n) is 4.02. The molecule has 0 saturated carbocycles. The Labute approximate surface area is 108 Å². The second kappa shape index (κ2) is 5.14. The van der Waals surface area contributed by atoms with Gasteiger partial charge in [0.2, 0.25) is 0 Å². The molecule has 1 aliphatic rings. The summed E-state index contributed by atoms with van der Waals surface area (Å²) < 4.78 is 18.9. The van der Waals surface area contributed by atoms with Gasteiger partial charge in [0.25, 0.3) is 5.91 Å². The normalized spacial score (nSPS) is 19.7. The molecule has 2 rings (SSSR count). The average Bonchev–Trinajstić information content (AvgIpc) is 2.80. The standard InChI is InChI=1S/C12H13BrFNO2/c1-17-9-4-5-15(7-9)12(16)10-6-8(14)2-3-11(10)13/h2-3,6,9H,4-5,7H2,1H3. The topological polar surface area (TPSA) is 29.5 Å². The maximum atomic E-state index is 13.1. The lowest BCUT2D eigenvalue weighted by molar-refractivity contribution is 0.0723. The van der Waals surface area contributed by atoms with Gasteiger partial charge in [-0.25, -0.2) is 4.39 Å². The van der Waals surface area contributed by atoms with Crippen LogP contribution in [0.15, 0.2) is 22.7 Å². The van der Waals surface area contributed by atoms with Crippen molar-refractivity contribution < 1.29 is 13.9 Å². The fourth-order valence-corrected chi connectivity index (χ4v) is 2.35. The zero-order valence-corrected chi connectivity index (χ0v) is 11.0. The molecule has 1 heterocycles. The number of methoxy groups -OCH3 is 1. The molecular weight excluding hydrogens is 289 g/mol. The molecule has 1 saturated heterocycles. The van der Waals surface area contributed by atoms with E-state index in [0.717, 1.165) is 6.42 Å². The number of amides is 1. The minimum atomic E-state index is -0.404. The van der Waals surface area contributed by atoms with Gasteiger partial charge < -0.3 is 9.64 Å². The number of carbonyl (C=O) groups is 1. The summed E-state index contributed by atoms with van der Waals surface area (Å²) in [5.41, 5.74) is 0.363. The number of halogens is 2. The van der Waals surface area contributed by atoms with E-state index in [2.05, 4.69) is 15.9 Å². The number of rotatable bonds is 2. The Morgan fingerprint density at radius 3 is 3.00 bits per heavy atom. The Kier molecular flexibility index (Phi) is 3.79. The lowest BCUT2D eigenvalue weighted by Crippen LogP contribution is -2.30. The van der Waals surface area contributed by atoms with Gasteiger partial charge in [-0.2, -0.15) is 0 Å². The van der Waals surface area contributed by atoms with Crippen molar-refractivity contribution in [2.45, 2.75) is 12.5 Å². The Balaban J connectivity index is 2.17. The van der Waals surface area contributed by atoms with Gasteiger partial charge >= 0.3 is 0 Å². The highest BCUT2D eigenvalue weighted by molar-refractivity contribution is 9.10. The molecule has 0 radical (unpaired) electrons. The zero-order chi connectivity index (χ0) is 12.4. The summed E-state index contributed by atoms with van der Waals surface area (Å²) in [6.45, 7) is 1.22. The van der Waals surface area contributed by atoms with Crippen molar-refractivity contribution in [3.63, 3.8) is 0 Å². The molecule has 1 fully saturated rings. The van der Waals surface area contributed by atoms with Crippen molar-refractivity contribution in [2.24, 2.45) is 0 Å². The molecule has 0 aromatic heterocycles. The molecule has 1 atom stereocenters. The van der Waals surface area contributed by atoms with Gasteiger partial charge in [-0.1, -0.05) is 0 Å². The Morgan fingerprint density at radius 2 is 2.35 bits per heavy atom. The lowest BCUT2D eigenvalue weighted by atomic mass is 10.2. The monoisotopic (exact) mass is 301 g/mol. The molecule has 17 heavy (non-hydrogen) atoms. The quantitative estimate of drug-likeness (QED) is 0.840. The first-order valence-corrected chi connectivity index (χ1v) is 6.18. The van der Waals surface area contributed by atoms with E-state index in [1.807, 2.05) is 0 Å². The molecule has 5 heteroatoms. The third-order valence-corrected chi connectivity index (χ3v) is 3.62. The molecule has 0 N–H and O–H groups in total. The summed E-state index contributed by atoms with van der Waals surface area (Å²) in [6, 6.07) is 4.13. The number of carbonyl (C=O) groups excluding carboxylic acids is 1. The lowest BCUT2D eigenvalue weighted by Gasteiger charge is -2.17. The molecule has 0 aliphatic carbocycles. The van der Waals surface area contributed by atoms with Gasteiger partial charge in [-0.05, 0) is 40.5 Å². The van der Waals surface area contributed by atoms with Crippen LogP contribution in [0.4, 0.5) is 4.39 Å². The number of hydrogen-bond donors (Lipinski definition) is 0. The van der Waals surface area contributed by atoms with Crippen molar-refractivity contribution in [1.82, 2.24) is 4.90 Å². The molecule has 3 nitrogen and oxygen atoms in total. The van der Waals surface area contributed by atoms with Crippen LogP contribution in [-0.2, 0) is 4.74 Å². The highest BCUT2D eigenvalue weighted by Gasteiger charge is 2.27. The Bertz CT molecular complexity index is 439. The molecular formula is C12H13BrFNO2. The number of hydrogen-bond acceptors (Lipinski definition) is 2. The third kappa shape index (κ3) is 2.66. The van der Waals surface area contributed by atoms with Crippen molar-refractivity contribution in [2.75, 3.05) is 20.2 Å². The SMILES string of the molecule is COC1CCN(C(=O)c2cc(F)ccc2Br)C1. The summed E-state index contributed by atoms with van der Waals surface area (Å²) in [7, 11) is 1.64. The van der Waals surface area contributed by atoms with Crippen LogP contribution < -0.4 is 0 Å². The maximum absolute atomic E-state index is 13.1. The van der Waals surface area contributed by atoms with E-state index in [1.54, 1.807) is 18.1 Å². The minimum Gasteiger partial charge on any atom is -0.380 e. The van der Waals surface area contributed by atoms with E-state index in [-0.39, 0.29) is 12.0 Å². The molecule has 1 aliphatic heterocycles. The smallest absolute Gasteiger partial charge is 0.255 e. The first-order chi connectivity index (χ1) is 8.11. The third-order valence-electron chi connectivity index (χ3n) is 2.92. The van der Waals surface area contributed by atoms with E-state index in [4.69, 9.17) is 4.74 Å². The van der Waals surface area contributed by atoms with E-state index < -0.39 is 5.82 Å². The summed E-state index contributed by atoms with van der Waals surface area (Å²) >= 11 is 3.26. The minimum absolute atomic E-state index is 0.0892. The zero-order valence-electron chi connectivity index (χ0n) is 9.45. The molecule has 1 aromatic rings. The van der Waals surface area contributed by atoms with Crippen LogP contribution in [0.3, 0.4) is 0 Å². The predicted octanol–water partition coefficient (Wildman–Crippen LogP) is 2.45. The average molecular weight is 302 g/mol. The van der Waals surface area contributed by atoms with Gasteiger partial charge in [0.1, 0.15) is 5.82 Å². The molecule has 0 spiro atoms. The molecule has 0 bridgehead atoms. The van der Waals surface area contributed by atoms with Crippen LogP contribution in [0.25, 0.3) is 0 Å². The largest absolute Gasteiger partial charge is 0.380 e. The van der Waals surface area contributed by atoms with Gasteiger partial charge in [-0.15, -0.1) is 0 Å². The molecule has 92 valence electrons. The van der Waals surface area contributed by atoms with Gasteiger partial charge in [0, 0.05) is 24.7 Å². The molecule has 1 aromatic carbocycles. The van der Waals surface area contributed by atoms with Crippen LogP contribution in [0.5, 0.6) is 0 Å². The summed E-state index contributed by atoms with van der Waals surface area (Å²) in [5.74, 6) is -0.560. The number of benzene rings is 1.